The highest BCUT2D eigenvalue weighted by Gasteiger charge is 2.13. The summed E-state index contributed by atoms with van der Waals surface area (Å²) >= 11 is 5.17. The third kappa shape index (κ3) is 5.54. The van der Waals surface area contributed by atoms with Gasteiger partial charge in [-0.2, -0.15) is 0 Å². The van der Waals surface area contributed by atoms with Gasteiger partial charge in [0.05, 0.1) is 34.4 Å². The van der Waals surface area contributed by atoms with Gasteiger partial charge >= 0.3 is 0 Å². The predicted octanol–water partition coefficient (Wildman–Crippen LogP) is 3.79. The quantitative estimate of drug-likeness (QED) is 0.481. The van der Waals surface area contributed by atoms with Crippen LogP contribution >= 0.6 is 27.3 Å². The Hall–Kier alpha value is -1.93. The lowest BCUT2D eigenvalue weighted by molar-refractivity contribution is 0.324. The van der Waals surface area contributed by atoms with E-state index in [0.717, 1.165) is 29.1 Å². The van der Waals surface area contributed by atoms with Crippen LogP contribution in [0.5, 0.6) is 17.2 Å². The van der Waals surface area contributed by atoms with Gasteiger partial charge in [0.15, 0.2) is 17.5 Å². The predicted molar refractivity (Wildman–Crippen MR) is 110 cm³/mol. The Morgan fingerprint density at radius 3 is 2.27 bits per heavy atom. The Morgan fingerprint density at radius 2 is 1.77 bits per heavy atom. The molecular formula is C18H24BrN3O3S. The van der Waals surface area contributed by atoms with Crippen LogP contribution < -0.4 is 24.8 Å². The average molecular weight is 442 g/mol. The molecular weight excluding hydrogens is 418 g/mol. The first-order chi connectivity index (χ1) is 12.6. The van der Waals surface area contributed by atoms with Gasteiger partial charge in [-0.25, -0.2) is 4.99 Å². The maximum atomic E-state index is 5.39. The fourth-order valence-corrected chi connectivity index (χ4v) is 3.75. The molecule has 2 aromatic rings. The summed E-state index contributed by atoms with van der Waals surface area (Å²) in [6.45, 7) is 4.03. The van der Waals surface area contributed by atoms with Crippen molar-refractivity contribution in [2.75, 3.05) is 27.9 Å². The van der Waals surface area contributed by atoms with Crippen molar-refractivity contribution in [3.63, 3.8) is 0 Å². The summed E-state index contributed by atoms with van der Waals surface area (Å²) in [4.78, 5) is 5.88. The van der Waals surface area contributed by atoms with Gasteiger partial charge in [-0.05, 0) is 46.6 Å². The molecule has 6 nitrogen and oxygen atoms in total. The van der Waals surface area contributed by atoms with Crippen LogP contribution in [0.3, 0.4) is 0 Å². The number of hydrogen-bond donors (Lipinski definition) is 2. The van der Waals surface area contributed by atoms with E-state index < -0.39 is 0 Å². The molecule has 0 aliphatic rings. The van der Waals surface area contributed by atoms with Crippen molar-refractivity contribution >= 4 is 33.2 Å². The highest BCUT2D eigenvalue weighted by Crippen LogP contribution is 2.38. The van der Waals surface area contributed by atoms with Crippen LogP contribution in [0.25, 0.3) is 0 Å². The minimum absolute atomic E-state index is 0.486. The first-order valence-electron chi connectivity index (χ1n) is 8.15. The molecule has 142 valence electrons. The molecule has 2 rings (SSSR count). The smallest absolute Gasteiger partial charge is 0.203 e. The number of halogens is 1. The second-order valence-corrected chi connectivity index (χ2v) is 7.23. The van der Waals surface area contributed by atoms with Gasteiger partial charge in [-0.3, -0.25) is 0 Å². The van der Waals surface area contributed by atoms with E-state index in [1.54, 1.807) is 32.7 Å². The molecule has 1 aromatic heterocycles. The summed E-state index contributed by atoms with van der Waals surface area (Å²) in [7, 11) is 4.80. The highest BCUT2D eigenvalue weighted by atomic mass is 79.9. The Bertz CT molecular complexity index is 724. The number of nitrogens with one attached hydrogen (secondary N) is 2. The van der Waals surface area contributed by atoms with Crippen molar-refractivity contribution in [1.82, 2.24) is 10.6 Å². The zero-order valence-corrected chi connectivity index (χ0v) is 17.8. The van der Waals surface area contributed by atoms with E-state index >= 15 is 0 Å². The number of guanidine groups is 1. The number of methoxy groups -OCH3 is 3. The van der Waals surface area contributed by atoms with Crippen LogP contribution in [0.15, 0.2) is 33.0 Å². The fraction of sp³-hybridized carbons (Fsp3) is 0.389. The maximum Gasteiger partial charge on any atom is 0.203 e. The monoisotopic (exact) mass is 441 g/mol. The van der Waals surface area contributed by atoms with Gasteiger partial charge in [0, 0.05) is 21.3 Å². The minimum atomic E-state index is 0.486. The lowest BCUT2D eigenvalue weighted by atomic mass is 10.2. The molecule has 0 saturated carbocycles. The number of thiophene rings is 1. The Balaban J connectivity index is 2.12. The van der Waals surface area contributed by atoms with Crippen molar-refractivity contribution in [2.24, 2.45) is 4.99 Å². The van der Waals surface area contributed by atoms with E-state index in [0.29, 0.717) is 23.8 Å². The lowest BCUT2D eigenvalue weighted by Gasteiger charge is -2.14. The van der Waals surface area contributed by atoms with Crippen LogP contribution in [0.4, 0.5) is 0 Å². The van der Waals surface area contributed by atoms with Gasteiger partial charge in [-0.15, -0.1) is 11.3 Å². The van der Waals surface area contributed by atoms with Crippen molar-refractivity contribution in [3.05, 3.63) is 38.5 Å². The number of benzene rings is 1. The molecule has 26 heavy (non-hydrogen) atoms. The standard InChI is InChI=1S/C18H24BrN3O3S/c1-5-20-18(22-10-14-8-13(19)11-26-14)21-9-12-6-15(23-2)17(25-4)16(7-12)24-3/h6-8,11H,5,9-10H2,1-4H3,(H2,20,21,22). The summed E-state index contributed by atoms with van der Waals surface area (Å²) < 4.78 is 17.2. The minimum Gasteiger partial charge on any atom is -0.493 e. The molecule has 0 fully saturated rings. The molecule has 8 heteroatoms. The van der Waals surface area contributed by atoms with Crippen molar-refractivity contribution in [3.8, 4) is 17.2 Å². The van der Waals surface area contributed by atoms with E-state index in [1.807, 2.05) is 19.1 Å². The van der Waals surface area contributed by atoms with Crippen molar-refractivity contribution in [2.45, 2.75) is 20.0 Å². The number of rotatable bonds is 8. The van der Waals surface area contributed by atoms with Crippen LogP contribution in [0.1, 0.15) is 17.4 Å². The Kier molecular flexibility index (Phi) is 8.06. The molecule has 1 heterocycles. The third-order valence-electron chi connectivity index (χ3n) is 3.54. The Labute approximate surface area is 166 Å². The third-order valence-corrected chi connectivity index (χ3v) is 5.24. The molecule has 0 spiro atoms. The second-order valence-electron chi connectivity index (χ2n) is 5.31. The van der Waals surface area contributed by atoms with Gasteiger partial charge in [0.25, 0.3) is 0 Å². The largest absolute Gasteiger partial charge is 0.493 e. The van der Waals surface area contributed by atoms with E-state index in [1.165, 1.54) is 4.88 Å². The van der Waals surface area contributed by atoms with Crippen LogP contribution in [-0.4, -0.2) is 33.8 Å². The lowest BCUT2D eigenvalue weighted by Crippen LogP contribution is -2.36. The normalized spacial score (nSPS) is 11.2. The summed E-state index contributed by atoms with van der Waals surface area (Å²) in [6, 6.07) is 5.91. The van der Waals surface area contributed by atoms with Crippen LogP contribution in [0, 0.1) is 0 Å². The van der Waals surface area contributed by atoms with Crippen LogP contribution in [-0.2, 0) is 13.1 Å². The van der Waals surface area contributed by atoms with E-state index in [4.69, 9.17) is 14.2 Å². The highest BCUT2D eigenvalue weighted by molar-refractivity contribution is 9.10. The van der Waals surface area contributed by atoms with Crippen molar-refractivity contribution in [1.29, 1.82) is 0 Å². The first kappa shape index (κ1) is 20.4. The van der Waals surface area contributed by atoms with Gasteiger partial charge in [0.1, 0.15) is 0 Å². The molecule has 0 aliphatic heterocycles. The second kappa shape index (κ2) is 10.3. The SMILES string of the molecule is CCNC(=NCc1cc(OC)c(OC)c(OC)c1)NCc1cc(Br)cs1. The van der Waals surface area contributed by atoms with Gasteiger partial charge in [-0.1, -0.05) is 0 Å². The molecule has 1 aromatic carbocycles. The average Bonchev–Trinajstić information content (AvgIpc) is 3.08. The summed E-state index contributed by atoms with van der Waals surface area (Å²) in [5.74, 6) is 2.58. The topological polar surface area (TPSA) is 64.1 Å². The summed E-state index contributed by atoms with van der Waals surface area (Å²) in [5, 5.41) is 8.66. The zero-order valence-electron chi connectivity index (χ0n) is 15.4. The molecule has 2 N–H and O–H groups in total. The molecule has 0 aliphatic carbocycles. The van der Waals surface area contributed by atoms with Crippen molar-refractivity contribution < 1.29 is 14.2 Å². The number of nitrogens with zero attached hydrogens (tertiary/aromatic N) is 1. The molecule has 0 amide bonds. The summed E-state index contributed by atoms with van der Waals surface area (Å²) in [6.07, 6.45) is 0. The molecule has 0 bridgehead atoms. The van der Waals surface area contributed by atoms with E-state index in [9.17, 15) is 0 Å². The molecule has 0 saturated heterocycles. The number of hydrogen-bond acceptors (Lipinski definition) is 5. The number of ether oxygens (including phenoxy) is 3. The van der Waals surface area contributed by atoms with E-state index in [2.05, 4.69) is 43.0 Å². The van der Waals surface area contributed by atoms with Gasteiger partial charge in [0.2, 0.25) is 5.75 Å². The number of aliphatic imine (C=N–C) groups is 1. The van der Waals surface area contributed by atoms with E-state index in [-0.39, 0.29) is 0 Å². The maximum absolute atomic E-state index is 5.39. The summed E-state index contributed by atoms with van der Waals surface area (Å²) in [5.41, 5.74) is 0.968. The molecule has 0 atom stereocenters. The van der Waals surface area contributed by atoms with Crippen LogP contribution in [0.2, 0.25) is 0 Å². The molecule has 0 unspecified atom stereocenters. The zero-order chi connectivity index (χ0) is 18.9. The molecule has 0 radical (unpaired) electrons. The Morgan fingerprint density at radius 1 is 1.08 bits per heavy atom. The fourth-order valence-electron chi connectivity index (χ4n) is 2.36. The van der Waals surface area contributed by atoms with Gasteiger partial charge < -0.3 is 24.8 Å². The first-order valence-corrected chi connectivity index (χ1v) is 9.82.